The number of thioether (sulfide) groups is 2. The Balaban J connectivity index is 1.04. The molecule has 2 aliphatic rings. The highest BCUT2D eigenvalue weighted by Crippen LogP contribution is 2.26. The van der Waals surface area contributed by atoms with Gasteiger partial charge in [0, 0.05) is 65.2 Å². The van der Waals surface area contributed by atoms with Gasteiger partial charge in [0.2, 0.25) is 11.0 Å². The number of aliphatic imine (C=N–C) groups is 1. The summed E-state index contributed by atoms with van der Waals surface area (Å²) >= 11 is 4.14. The average Bonchev–Trinajstić information content (AvgIpc) is 3.53. The lowest BCUT2D eigenvalue weighted by Crippen LogP contribution is -2.48. The highest BCUT2D eigenvalue weighted by molar-refractivity contribution is 8.26. The van der Waals surface area contributed by atoms with Crippen molar-refractivity contribution in [2.45, 2.75) is 24.9 Å². The van der Waals surface area contributed by atoms with Crippen LogP contribution in [0.15, 0.2) is 65.7 Å². The number of carbonyl (C=O) groups is 2. The van der Waals surface area contributed by atoms with Gasteiger partial charge in [-0.3, -0.25) is 30.1 Å². The predicted octanol–water partition coefficient (Wildman–Crippen LogP) is 2.99. The van der Waals surface area contributed by atoms with Crippen LogP contribution in [0.4, 0.5) is 5.13 Å². The first kappa shape index (κ1) is 35.1. The SMILES string of the molecule is N=C(CCSCCc1nnc(NC(=O)C(c2ccccc2)N2CCNCC2)s1)SC(N)=NC(=O)C(c1ccccc1)N1CCNCC1. The third-order valence-corrected chi connectivity index (χ3v) is 10.5. The molecule has 1 aromatic heterocycles. The molecule has 0 bridgehead atoms. The maximum Gasteiger partial charge on any atom is 0.270 e. The highest BCUT2D eigenvalue weighted by atomic mass is 32.2. The fourth-order valence-corrected chi connectivity index (χ4v) is 8.05. The Bertz CT molecular complexity index is 1480. The van der Waals surface area contributed by atoms with Crippen molar-refractivity contribution < 1.29 is 9.59 Å². The molecule has 2 aliphatic heterocycles. The zero-order valence-corrected chi connectivity index (χ0v) is 28.7. The van der Waals surface area contributed by atoms with E-state index in [4.69, 9.17) is 11.1 Å². The van der Waals surface area contributed by atoms with Gasteiger partial charge in [0.05, 0.1) is 5.04 Å². The smallest absolute Gasteiger partial charge is 0.270 e. The second-order valence-electron chi connectivity index (χ2n) is 11.1. The number of hydrogen-bond donors (Lipinski definition) is 5. The van der Waals surface area contributed by atoms with Crippen LogP contribution < -0.4 is 21.7 Å². The van der Waals surface area contributed by atoms with E-state index >= 15 is 0 Å². The molecule has 0 spiro atoms. The van der Waals surface area contributed by atoms with Crippen molar-refractivity contribution in [3.8, 4) is 0 Å². The zero-order valence-electron chi connectivity index (χ0n) is 26.3. The van der Waals surface area contributed by atoms with Crippen molar-refractivity contribution >= 4 is 62.0 Å². The van der Waals surface area contributed by atoms with Crippen molar-refractivity contribution in [1.29, 1.82) is 5.41 Å². The summed E-state index contributed by atoms with van der Waals surface area (Å²) in [7, 11) is 0. The van der Waals surface area contributed by atoms with Gasteiger partial charge in [0.25, 0.3) is 5.91 Å². The third kappa shape index (κ3) is 10.7. The van der Waals surface area contributed by atoms with Gasteiger partial charge in [0.15, 0.2) is 5.17 Å². The summed E-state index contributed by atoms with van der Waals surface area (Å²) in [5, 5.41) is 28.3. The number of benzene rings is 2. The molecule has 2 atom stereocenters. The minimum atomic E-state index is -0.492. The van der Waals surface area contributed by atoms with E-state index in [0.29, 0.717) is 23.0 Å². The van der Waals surface area contributed by atoms with E-state index in [9.17, 15) is 9.59 Å². The number of carbonyl (C=O) groups excluding carboxylic acids is 2. The molecule has 0 aliphatic carbocycles. The van der Waals surface area contributed by atoms with Crippen molar-refractivity contribution in [2.75, 3.05) is 69.2 Å². The van der Waals surface area contributed by atoms with Gasteiger partial charge < -0.3 is 16.4 Å². The Morgan fingerprint density at radius 3 is 2.09 bits per heavy atom. The largest absolute Gasteiger partial charge is 0.378 e. The first-order chi connectivity index (χ1) is 23.0. The van der Waals surface area contributed by atoms with Crippen LogP contribution in [0.3, 0.4) is 0 Å². The van der Waals surface area contributed by atoms with E-state index in [2.05, 4.69) is 40.9 Å². The first-order valence-corrected chi connectivity index (χ1v) is 18.6. The van der Waals surface area contributed by atoms with Crippen LogP contribution in [0.2, 0.25) is 0 Å². The molecule has 0 radical (unpaired) electrons. The lowest BCUT2D eigenvalue weighted by molar-refractivity contribution is -0.123. The summed E-state index contributed by atoms with van der Waals surface area (Å²) < 4.78 is 0. The van der Waals surface area contributed by atoms with Crippen molar-refractivity contribution in [3.05, 3.63) is 76.8 Å². The molecule has 3 aromatic rings. The van der Waals surface area contributed by atoms with Crippen LogP contribution in [-0.2, 0) is 16.0 Å². The normalized spacial score (nSPS) is 17.6. The van der Waals surface area contributed by atoms with Gasteiger partial charge in [0.1, 0.15) is 17.1 Å². The number of anilines is 1. The molecule has 12 nitrogen and oxygen atoms in total. The fourth-order valence-electron chi connectivity index (χ4n) is 5.56. The van der Waals surface area contributed by atoms with Crippen LogP contribution in [0.25, 0.3) is 0 Å². The summed E-state index contributed by atoms with van der Waals surface area (Å²) in [6.45, 7) is 6.42. The highest BCUT2D eigenvalue weighted by Gasteiger charge is 2.30. The van der Waals surface area contributed by atoms with E-state index < -0.39 is 6.04 Å². The fraction of sp³-hybridized carbons (Fsp3) is 0.438. The number of nitrogens with one attached hydrogen (secondary N) is 4. The Morgan fingerprint density at radius 2 is 1.47 bits per heavy atom. The lowest BCUT2D eigenvalue weighted by Gasteiger charge is -2.34. The number of rotatable bonds is 13. The summed E-state index contributed by atoms with van der Waals surface area (Å²) in [4.78, 5) is 35.1. The summed E-state index contributed by atoms with van der Waals surface area (Å²) in [5.41, 5.74) is 7.98. The Kier molecular flexibility index (Phi) is 13.7. The molecule has 2 saturated heterocycles. The van der Waals surface area contributed by atoms with Crippen molar-refractivity contribution in [2.24, 2.45) is 10.7 Å². The van der Waals surface area contributed by atoms with Gasteiger partial charge in [-0.25, -0.2) is 0 Å². The van der Waals surface area contributed by atoms with Gasteiger partial charge in [-0.05, 0) is 34.4 Å². The van der Waals surface area contributed by atoms with Crippen LogP contribution in [-0.4, -0.2) is 106 Å². The molecular formula is C32H42N10O2S3. The zero-order chi connectivity index (χ0) is 32.8. The maximum atomic E-state index is 13.4. The lowest BCUT2D eigenvalue weighted by atomic mass is 10.0. The molecule has 15 heteroatoms. The van der Waals surface area contributed by atoms with Gasteiger partial charge in [-0.2, -0.15) is 16.8 Å². The summed E-state index contributed by atoms with van der Waals surface area (Å²) in [6, 6.07) is 18.6. The summed E-state index contributed by atoms with van der Waals surface area (Å²) in [5.74, 6) is 1.12. The van der Waals surface area contributed by atoms with Crippen LogP contribution in [0, 0.1) is 5.41 Å². The Morgan fingerprint density at radius 1 is 0.894 bits per heavy atom. The number of amides is 2. The third-order valence-electron chi connectivity index (χ3n) is 7.83. The number of aryl methyl sites for hydroxylation is 1. The van der Waals surface area contributed by atoms with Gasteiger partial charge in [-0.15, -0.1) is 10.2 Å². The molecule has 47 heavy (non-hydrogen) atoms. The van der Waals surface area contributed by atoms with Crippen molar-refractivity contribution in [3.63, 3.8) is 0 Å². The number of nitrogens with two attached hydrogens (primary N) is 1. The van der Waals surface area contributed by atoms with Crippen LogP contribution in [0.5, 0.6) is 0 Å². The molecule has 2 fully saturated rings. The number of aromatic nitrogens is 2. The molecule has 2 amide bonds. The molecule has 2 aromatic carbocycles. The Labute approximate surface area is 288 Å². The summed E-state index contributed by atoms with van der Waals surface area (Å²) in [6.07, 6.45) is 1.23. The van der Waals surface area contributed by atoms with Crippen molar-refractivity contribution in [1.82, 2.24) is 30.6 Å². The predicted molar refractivity (Wildman–Crippen MR) is 193 cm³/mol. The number of hydrogen-bond acceptors (Lipinski definition) is 12. The van der Waals surface area contributed by atoms with E-state index in [-0.39, 0.29) is 23.0 Å². The van der Waals surface area contributed by atoms with Gasteiger partial charge >= 0.3 is 0 Å². The molecule has 6 N–H and O–H groups in total. The van der Waals surface area contributed by atoms with Crippen LogP contribution in [0.1, 0.15) is 34.6 Å². The molecule has 0 saturated carbocycles. The quantitative estimate of drug-likeness (QED) is 0.102. The standard InChI is InChI=1S/C32H42N10O2S3/c33-25(46-31(34)37-29(43)27(23-7-3-1-4-8-23)41-17-13-35-14-18-41)11-21-45-22-12-26-39-40-32(47-26)38-30(44)28(24-9-5-2-6-10-24)42-19-15-36-16-20-42/h1-10,27-28,33,35-36H,11-22H2,(H2,34,37,43)(H,38,40,44). The van der Waals surface area contributed by atoms with E-state index in [1.807, 2.05) is 60.7 Å². The second-order valence-corrected chi connectivity index (χ2v) is 14.5. The molecule has 250 valence electrons. The van der Waals surface area contributed by atoms with E-state index in [1.165, 1.54) is 11.3 Å². The Hall–Kier alpha value is -3.18. The van der Waals surface area contributed by atoms with Gasteiger partial charge in [-0.1, -0.05) is 72.0 Å². The maximum absolute atomic E-state index is 13.4. The second kappa shape index (κ2) is 18.4. The first-order valence-electron chi connectivity index (χ1n) is 15.8. The number of nitrogens with zero attached hydrogens (tertiary/aromatic N) is 5. The minimum absolute atomic E-state index is 0.0935. The van der Waals surface area contributed by atoms with E-state index in [1.54, 1.807) is 11.8 Å². The number of amidine groups is 1. The molecule has 3 heterocycles. The molecule has 5 rings (SSSR count). The number of piperazine rings is 2. The monoisotopic (exact) mass is 694 g/mol. The van der Waals surface area contributed by atoms with Crippen LogP contribution >= 0.6 is 34.9 Å². The topological polar surface area (TPSA) is 165 Å². The minimum Gasteiger partial charge on any atom is -0.378 e. The average molecular weight is 695 g/mol. The molecular weight excluding hydrogens is 653 g/mol. The molecule has 2 unspecified atom stereocenters. The van der Waals surface area contributed by atoms with E-state index in [0.717, 1.165) is 91.8 Å².